The van der Waals surface area contributed by atoms with Crippen LogP contribution in [0.25, 0.3) is 0 Å². The van der Waals surface area contributed by atoms with E-state index in [0.29, 0.717) is 31.4 Å². The van der Waals surface area contributed by atoms with E-state index in [0.717, 1.165) is 13.0 Å². The van der Waals surface area contributed by atoms with E-state index >= 15 is 0 Å². The Bertz CT molecular complexity index is 304. The predicted octanol–water partition coefficient (Wildman–Crippen LogP) is 0.0703. The van der Waals surface area contributed by atoms with Gasteiger partial charge in [0.05, 0.1) is 0 Å². The Labute approximate surface area is 95.2 Å². The van der Waals surface area contributed by atoms with E-state index in [1.807, 2.05) is 0 Å². The molecule has 0 spiro atoms. The Balaban J connectivity index is 1.97. The second-order valence-corrected chi connectivity index (χ2v) is 4.38. The predicted molar refractivity (Wildman–Crippen MR) is 58.3 cm³/mol. The number of carbonyl (C=O) groups is 1. The molecule has 0 radical (unpaired) electrons. The van der Waals surface area contributed by atoms with Gasteiger partial charge in [0.2, 0.25) is 5.76 Å². The van der Waals surface area contributed by atoms with Gasteiger partial charge in [0.25, 0.3) is 5.91 Å². The summed E-state index contributed by atoms with van der Waals surface area (Å²) in [5.74, 6) is 0.664. The largest absolute Gasteiger partial charge is 0.494 e. The molecule has 90 valence electrons. The molecule has 2 unspecified atom stereocenters. The van der Waals surface area contributed by atoms with Gasteiger partial charge in [0, 0.05) is 19.1 Å². The summed E-state index contributed by atoms with van der Waals surface area (Å²) in [5.41, 5.74) is 5.95. The molecule has 2 rings (SSSR count). The summed E-state index contributed by atoms with van der Waals surface area (Å²) in [4.78, 5) is 13.7. The third-order valence-electron chi connectivity index (χ3n) is 3.16. The fraction of sp³-hybridized carbons (Fsp3) is 0.727. The quantitative estimate of drug-likeness (QED) is 0.687. The van der Waals surface area contributed by atoms with Crippen molar-refractivity contribution < 1.29 is 14.3 Å². The molecule has 2 aliphatic heterocycles. The third-order valence-corrected chi connectivity index (χ3v) is 3.16. The topological polar surface area (TPSA) is 64.8 Å². The van der Waals surface area contributed by atoms with Crippen molar-refractivity contribution in [3.8, 4) is 0 Å². The summed E-state index contributed by atoms with van der Waals surface area (Å²) in [7, 11) is 0. The van der Waals surface area contributed by atoms with Crippen molar-refractivity contribution in [2.75, 3.05) is 26.3 Å². The highest BCUT2D eigenvalue weighted by molar-refractivity contribution is 5.91. The SMILES string of the molecule is CC1CCN(C(=O)C2=COCCO2)CC1N. The maximum Gasteiger partial charge on any atom is 0.292 e. The second kappa shape index (κ2) is 4.74. The van der Waals surface area contributed by atoms with Gasteiger partial charge in [-0.25, -0.2) is 0 Å². The molecule has 1 fully saturated rings. The molecule has 5 heteroatoms. The second-order valence-electron chi connectivity index (χ2n) is 4.38. The van der Waals surface area contributed by atoms with Crippen LogP contribution in [0.2, 0.25) is 0 Å². The molecular formula is C11H18N2O3. The van der Waals surface area contributed by atoms with E-state index in [1.165, 1.54) is 6.26 Å². The van der Waals surface area contributed by atoms with Crippen LogP contribution in [0.4, 0.5) is 0 Å². The molecule has 2 N–H and O–H groups in total. The molecule has 5 nitrogen and oxygen atoms in total. The van der Waals surface area contributed by atoms with Gasteiger partial charge in [-0.15, -0.1) is 0 Å². The van der Waals surface area contributed by atoms with E-state index < -0.39 is 0 Å². The highest BCUT2D eigenvalue weighted by Crippen LogP contribution is 2.18. The lowest BCUT2D eigenvalue weighted by Gasteiger charge is -2.35. The molecule has 0 saturated carbocycles. The van der Waals surface area contributed by atoms with E-state index in [-0.39, 0.29) is 11.9 Å². The first-order valence-corrected chi connectivity index (χ1v) is 5.68. The lowest BCUT2D eigenvalue weighted by molar-refractivity contribution is -0.134. The standard InChI is InChI=1S/C11H18N2O3/c1-8-2-3-13(6-9(8)12)11(14)10-7-15-4-5-16-10/h7-9H,2-6,12H2,1H3. The lowest BCUT2D eigenvalue weighted by atomic mass is 9.94. The Hall–Kier alpha value is -1.23. The van der Waals surface area contributed by atoms with Crippen LogP contribution in [0.3, 0.4) is 0 Å². The maximum atomic E-state index is 12.0. The van der Waals surface area contributed by atoms with Gasteiger partial charge in [-0.2, -0.15) is 0 Å². The number of hydrogen-bond donors (Lipinski definition) is 1. The molecule has 0 bridgehead atoms. The van der Waals surface area contributed by atoms with Crippen LogP contribution < -0.4 is 5.73 Å². The minimum atomic E-state index is -0.109. The molecule has 0 aromatic rings. The van der Waals surface area contributed by atoms with Gasteiger partial charge in [0.15, 0.2) is 0 Å². The minimum Gasteiger partial charge on any atom is -0.494 e. The lowest BCUT2D eigenvalue weighted by Crippen LogP contribution is -2.50. The maximum absolute atomic E-state index is 12.0. The highest BCUT2D eigenvalue weighted by Gasteiger charge is 2.29. The molecule has 0 aromatic carbocycles. The summed E-state index contributed by atoms with van der Waals surface area (Å²) < 4.78 is 10.3. The molecule has 2 atom stereocenters. The van der Waals surface area contributed by atoms with Crippen molar-refractivity contribution >= 4 is 5.91 Å². The number of nitrogens with two attached hydrogens (primary N) is 1. The fourth-order valence-electron chi connectivity index (χ4n) is 1.92. The Morgan fingerprint density at radius 2 is 2.38 bits per heavy atom. The van der Waals surface area contributed by atoms with Crippen LogP contribution in [0.1, 0.15) is 13.3 Å². The molecule has 1 amide bonds. The first kappa shape index (κ1) is 11.3. The van der Waals surface area contributed by atoms with Crippen LogP contribution in [0.15, 0.2) is 12.0 Å². The summed E-state index contributed by atoms with van der Waals surface area (Å²) in [5, 5.41) is 0. The zero-order valence-corrected chi connectivity index (χ0v) is 9.52. The molecule has 2 heterocycles. The van der Waals surface area contributed by atoms with Crippen molar-refractivity contribution in [1.82, 2.24) is 4.90 Å². The summed E-state index contributed by atoms with van der Waals surface area (Å²) >= 11 is 0. The number of rotatable bonds is 1. The van der Waals surface area contributed by atoms with Gasteiger partial charge in [-0.3, -0.25) is 4.79 Å². The number of piperidine rings is 1. The Kier molecular flexibility index (Phi) is 3.33. The number of nitrogens with zero attached hydrogens (tertiary/aromatic N) is 1. The molecular weight excluding hydrogens is 208 g/mol. The number of ether oxygens (including phenoxy) is 2. The third kappa shape index (κ3) is 2.29. The molecule has 2 aliphatic rings. The number of amides is 1. The van der Waals surface area contributed by atoms with Gasteiger partial charge in [-0.1, -0.05) is 6.92 Å². The van der Waals surface area contributed by atoms with E-state index in [1.54, 1.807) is 4.90 Å². The van der Waals surface area contributed by atoms with Crippen LogP contribution in [0.5, 0.6) is 0 Å². The first-order chi connectivity index (χ1) is 7.68. The average Bonchev–Trinajstić information content (AvgIpc) is 2.33. The van der Waals surface area contributed by atoms with Gasteiger partial charge in [0.1, 0.15) is 19.5 Å². The van der Waals surface area contributed by atoms with Crippen molar-refractivity contribution in [3.63, 3.8) is 0 Å². The van der Waals surface area contributed by atoms with Crippen molar-refractivity contribution in [2.45, 2.75) is 19.4 Å². The number of carbonyl (C=O) groups excluding carboxylic acids is 1. The van der Waals surface area contributed by atoms with Crippen LogP contribution in [-0.4, -0.2) is 43.2 Å². The average molecular weight is 226 g/mol. The molecule has 16 heavy (non-hydrogen) atoms. The number of likely N-dealkylation sites (tertiary alicyclic amines) is 1. The van der Waals surface area contributed by atoms with Crippen molar-refractivity contribution in [3.05, 3.63) is 12.0 Å². The van der Waals surface area contributed by atoms with E-state index in [2.05, 4.69) is 6.92 Å². The monoisotopic (exact) mass is 226 g/mol. The molecule has 0 aliphatic carbocycles. The Morgan fingerprint density at radius 3 is 3.00 bits per heavy atom. The Morgan fingerprint density at radius 1 is 1.56 bits per heavy atom. The zero-order valence-electron chi connectivity index (χ0n) is 9.52. The minimum absolute atomic E-state index is 0.0582. The smallest absolute Gasteiger partial charge is 0.292 e. The van der Waals surface area contributed by atoms with Crippen molar-refractivity contribution in [2.24, 2.45) is 11.7 Å². The van der Waals surface area contributed by atoms with E-state index in [4.69, 9.17) is 15.2 Å². The summed E-state index contributed by atoms with van der Waals surface area (Å²) in [6.07, 6.45) is 2.34. The fourth-order valence-corrected chi connectivity index (χ4v) is 1.92. The van der Waals surface area contributed by atoms with Crippen LogP contribution >= 0.6 is 0 Å². The van der Waals surface area contributed by atoms with Crippen LogP contribution in [0, 0.1) is 5.92 Å². The van der Waals surface area contributed by atoms with E-state index in [9.17, 15) is 4.79 Å². The highest BCUT2D eigenvalue weighted by atomic mass is 16.6. The molecule has 1 saturated heterocycles. The van der Waals surface area contributed by atoms with Crippen molar-refractivity contribution in [1.29, 1.82) is 0 Å². The number of hydrogen-bond acceptors (Lipinski definition) is 4. The normalized spacial score (nSPS) is 30.1. The van der Waals surface area contributed by atoms with Gasteiger partial charge in [-0.05, 0) is 12.3 Å². The summed E-state index contributed by atoms with van der Waals surface area (Å²) in [6.45, 7) is 4.41. The zero-order chi connectivity index (χ0) is 11.5. The first-order valence-electron chi connectivity index (χ1n) is 5.68. The van der Waals surface area contributed by atoms with Gasteiger partial charge < -0.3 is 20.1 Å². The summed E-state index contributed by atoms with van der Waals surface area (Å²) in [6, 6.07) is 0.0582. The molecule has 0 aromatic heterocycles. The van der Waals surface area contributed by atoms with Crippen LogP contribution in [-0.2, 0) is 14.3 Å². The van der Waals surface area contributed by atoms with Gasteiger partial charge >= 0.3 is 0 Å².